The van der Waals surface area contributed by atoms with Crippen LogP contribution in [0.5, 0.6) is 28.7 Å². The van der Waals surface area contributed by atoms with E-state index in [-0.39, 0.29) is 35.0 Å². The number of fused-ring (bicyclic) bond motifs is 5. The summed E-state index contributed by atoms with van der Waals surface area (Å²) in [6.45, 7) is 3.78. The molecule has 0 unspecified atom stereocenters. The normalized spacial score (nSPS) is 20.6. The van der Waals surface area contributed by atoms with Crippen molar-refractivity contribution in [2.75, 3.05) is 6.61 Å². The molecule has 0 spiro atoms. The summed E-state index contributed by atoms with van der Waals surface area (Å²) >= 11 is 0. The van der Waals surface area contributed by atoms with Crippen molar-refractivity contribution in [3.63, 3.8) is 0 Å². The topological polar surface area (TPSA) is 99.4 Å². The van der Waals surface area contributed by atoms with E-state index in [1.54, 1.807) is 26.0 Å². The van der Waals surface area contributed by atoms with Crippen molar-refractivity contribution in [2.45, 2.75) is 44.3 Å². The lowest BCUT2D eigenvalue weighted by Crippen LogP contribution is -2.23. The average Bonchev–Trinajstić information content (AvgIpc) is 2.92. The number of rotatable bonds is 3. The summed E-state index contributed by atoms with van der Waals surface area (Å²) in [5.41, 5.74) is 1.56. The number of aryl methyl sites for hydroxylation is 1. The number of phenolic OH excluding ortho intramolecular Hbond substituents is 3. The minimum absolute atomic E-state index is 0.0667. The van der Waals surface area contributed by atoms with Crippen LogP contribution in [-0.2, 0) is 6.42 Å². The average molecular weight is 358 g/mol. The van der Waals surface area contributed by atoms with Crippen LogP contribution in [0.3, 0.4) is 0 Å². The minimum atomic E-state index is -0.809. The van der Waals surface area contributed by atoms with Gasteiger partial charge in [0.15, 0.2) is 11.5 Å². The molecule has 2 aliphatic rings. The van der Waals surface area contributed by atoms with Crippen LogP contribution in [0.25, 0.3) is 0 Å². The minimum Gasteiger partial charge on any atom is -0.508 e. The van der Waals surface area contributed by atoms with E-state index in [1.165, 1.54) is 6.07 Å². The SMILES string of the molecule is CC(C)(O)CCc1cc2c(cc1O)O[C@H]1c3ccc(O)c(O)c3OC[C@H]21. The molecule has 6 heteroatoms. The fourth-order valence-corrected chi connectivity index (χ4v) is 3.63. The van der Waals surface area contributed by atoms with E-state index in [0.29, 0.717) is 30.8 Å². The van der Waals surface area contributed by atoms with Gasteiger partial charge in [-0.05, 0) is 50.5 Å². The van der Waals surface area contributed by atoms with Gasteiger partial charge in [-0.2, -0.15) is 0 Å². The van der Waals surface area contributed by atoms with Crippen LogP contribution < -0.4 is 9.47 Å². The third kappa shape index (κ3) is 2.70. The molecular weight excluding hydrogens is 336 g/mol. The van der Waals surface area contributed by atoms with Gasteiger partial charge in [0.1, 0.15) is 17.6 Å². The van der Waals surface area contributed by atoms with Crippen LogP contribution in [0, 0.1) is 0 Å². The number of benzene rings is 2. The van der Waals surface area contributed by atoms with Crippen LogP contribution in [0.2, 0.25) is 0 Å². The van der Waals surface area contributed by atoms with Gasteiger partial charge in [0.25, 0.3) is 0 Å². The lowest BCUT2D eigenvalue weighted by atomic mass is 9.87. The van der Waals surface area contributed by atoms with Gasteiger partial charge in [0.05, 0.1) is 18.1 Å². The lowest BCUT2D eigenvalue weighted by molar-refractivity contribution is 0.0712. The third-order valence-electron chi connectivity index (χ3n) is 5.09. The zero-order valence-electron chi connectivity index (χ0n) is 14.7. The molecule has 6 nitrogen and oxygen atoms in total. The molecule has 0 saturated heterocycles. The molecule has 0 saturated carbocycles. The highest BCUT2D eigenvalue weighted by Crippen LogP contribution is 2.55. The highest BCUT2D eigenvalue weighted by atomic mass is 16.5. The Hall–Kier alpha value is -2.60. The van der Waals surface area contributed by atoms with Gasteiger partial charge in [-0.25, -0.2) is 0 Å². The van der Waals surface area contributed by atoms with E-state index in [2.05, 4.69) is 0 Å². The third-order valence-corrected chi connectivity index (χ3v) is 5.09. The molecule has 0 aromatic heterocycles. The number of phenols is 3. The Kier molecular flexibility index (Phi) is 3.70. The largest absolute Gasteiger partial charge is 0.508 e. The van der Waals surface area contributed by atoms with Crippen molar-refractivity contribution in [1.29, 1.82) is 0 Å². The van der Waals surface area contributed by atoms with Gasteiger partial charge < -0.3 is 29.9 Å². The van der Waals surface area contributed by atoms with Crippen molar-refractivity contribution in [3.8, 4) is 28.7 Å². The molecule has 2 heterocycles. The van der Waals surface area contributed by atoms with E-state index in [4.69, 9.17) is 9.47 Å². The van der Waals surface area contributed by atoms with Crippen LogP contribution >= 0.6 is 0 Å². The number of hydrogen-bond acceptors (Lipinski definition) is 6. The first kappa shape index (κ1) is 16.8. The molecule has 0 fully saturated rings. The number of aliphatic hydroxyl groups is 1. The van der Waals surface area contributed by atoms with Gasteiger partial charge in [-0.1, -0.05) is 0 Å². The fraction of sp³-hybridized carbons (Fsp3) is 0.400. The maximum atomic E-state index is 10.3. The Labute approximate surface area is 151 Å². The fourth-order valence-electron chi connectivity index (χ4n) is 3.63. The van der Waals surface area contributed by atoms with Crippen molar-refractivity contribution in [3.05, 3.63) is 41.0 Å². The molecule has 2 atom stereocenters. The first-order chi connectivity index (χ1) is 12.2. The monoisotopic (exact) mass is 358 g/mol. The molecule has 4 rings (SSSR count). The summed E-state index contributed by atoms with van der Waals surface area (Å²) in [7, 11) is 0. The second-order valence-electron chi connectivity index (χ2n) is 7.64. The van der Waals surface area contributed by atoms with Gasteiger partial charge in [-0.3, -0.25) is 0 Å². The summed E-state index contributed by atoms with van der Waals surface area (Å²) in [5.74, 6) is 0.391. The second-order valence-corrected chi connectivity index (χ2v) is 7.64. The molecular formula is C20H22O6. The zero-order chi connectivity index (χ0) is 18.6. The van der Waals surface area contributed by atoms with E-state index in [9.17, 15) is 20.4 Å². The lowest BCUT2D eigenvalue weighted by Gasteiger charge is -2.28. The summed E-state index contributed by atoms with van der Waals surface area (Å²) in [4.78, 5) is 0. The number of ether oxygens (including phenoxy) is 2. The van der Waals surface area contributed by atoms with E-state index in [0.717, 1.165) is 11.1 Å². The Balaban J connectivity index is 1.68. The molecule has 2 aliphatic heterocycles. The second kappa shape index (κ2) is 5.71. The number of aromatic hydroxyl groups is 3. The van der Waals surface area contributed by atoms with Crippen molar-refractivity contribution >= 4 is 0 Å². The van der Waals surface area contributed by atoms with E-state index in [1.807, 2.05) is 6.07 Å². The van der Waals surface area contributed by atoms with Crippen LogP contribution in [-0.4, -0.2) is 32.6 Å². The van der Waals surface area contributed by atoms with Crippen molar-refractivity contribution in [1.82, 2.24) is 0 Å². The predicted molar refractivity (Wildman–Crippen MR) is 94.1 cm³/mol. The highest BCUT2D eigenvalue weighted by molar-refractivity contribution is 5.59. The molecule has 4 N–H and O–H groups in total. The van der Waals surface area contributed by atoms with Gasteiger partial charge in [0.2, 0.25) is 5.75 Å². The quantitative estimate of drug-likeness (QED) is 0.629. The van der Waals surface area contributed by atoms with Crippen LogP contribution in [0.1, 0.15) is 49.0 Å². The Morgan fingerprint density at radius 2 is 1.85 bits per heavy atom. The van der Waals surface area contributed by atoms with Gasteiger partial charge in [-0.15, -0.1) is 0 Å². The molecule has 2 aromatic rings. The molecule has 138 valence electrons. The van der Waals surface area contributed by atoms with Crippen LogP contribution in [0.15, 0.2) is 24.3 Å². The number of hydrogen-bond donors (Lipinski definition) is 4. The Morgan fingerprint density at radius 3 is 2.58 bits per heavy atom. The van der Waals surface area contributed by atoms with Crippen molar-refractivity contribution < 1.29 is 29.9 Å². The van der Waals surface area contributed by atoms with Crippen LogP contribution in [0.4, 0.5) is 0 Å². The Morgan fingerprint density at radius 1 is 1.08 bits per heavy atom. The summed E-state index contributed by atoms with van der Waals surface area (Å²) in [6.07, 6.45) is 0.733. The maximum absolute atomic E-state index is 10.3. The maximum Gasteiger partial charge on any atom is 0.200 e. The molecule has 0 radical (unpaired) electrons. The first-order valence-electron chi connectivity index (χ1n) is 8.67. The molecule has 26 heavy (non-hydrogen) atoms. The molecule has 2 aromatic carbocycles. The molecule has 0 aliphatic carbocycles. The zero-order valence-corrected chi connectivity index (χ0v) is 14.7. The summed E-state index contributed by atoms with van der Waals surface area (Å²) in [5, 5.41) is 39.9. The molecule has 0 bridgehead atoms. The van der Waals surface area contributed by atoms with Crippen molar-refractivity contribution in [2.24, 2.45) is 0 Å². The standard InChI is InChI=1S/C20H22O6/c1-20(2,24)6-5-10-7-12-13-9-25-19-11(3-4-14(21)17(19)23)18(13)26-16(12)8-15(10)22/h3-4,7-8,13,18,21-24H,5-6,9H2,1-2H3/t13-,18+/m1/s1. The summed E-state index contributed by atoms with van der Waals surface area (Å²) < 4.78 is 11.7. The van der Waals surface area contributed by atoms with E-state index >= 15 is 0 Å². The van der Waals surface area contributed by atoms with Gasteiger partial charge >= 0.3 is 0 Å². The molecule has 0 amide bonds. The smallest absolute Gasteiger partial charge is 0.200 e. The van der Waals surface area contributed by atoms with E-state index < -0.39 is 5.60 Å². The predicted octanol–water partition coefficient (Wildman–Crippen LogP) is 3.12. The Bertz CT molecular complexity index is 868. The summed E-state index contributed by atoms with van der Waals surface area (Å²) in [6, 6.07) is 6.61. The first-order valence-corrected chi connectivity index (χ1v) is 8.67. The highest BCUT2D eigenvalue weighted by Gasteiger charge is 2.42. The van der Waals surface area contributed by atoms with Gasteiger partial charge in [0, 0.05) is 17.2 Å².